The minimum atomic E-state index is -3.46. The van der Waals surface area contributed by atoms with Crippen LogP contribution in [-0.4, -0.2) is 13.0 Å². The highest BCUT2D eigenvalue weighted by Gasteiger charge is 2.27. The highest BCUT2D eigenvalue weighted by molar-refractivity contribution is 7.89. The number of nitrogens with zero attached hydrogens (tertiary/aromatic N) is 1. The van der Waals surface area contributed by atoms with E-state index in [1.165, 1.54) is 24.2 Å². The van der Waals surface area contributed by atoms with Gasteiger partial charge in [-0.2, -0.15) is 0 Å². The molecule has 1 aromatic carbocycles. The van der Waals surface area contributed by atoms with Crippen LogP contribution < -0.4 is 4.72 Å². The molecular formula is C17H22N2O2S. The van der Waals surface area contributed by atoms with Crippen LogP contribution in [0.15, 0.2) is 35.2 Å². The molecule has 1 fully saturated rings. The van der Waals surface area contributed by atoms with Crippen molar-refractivity contribution in [3.8, 4) is 0 Å². The van der Waals surface area contributed by atoms with Crippen molar-refractivity contribution in [3.05, 3.63) is 52.8 Å². The summed E-state index contributed by atoms with van der Waals surface area (Å²) >= 11 is 0. The van der Waals surface area contributed by atoms with Crippen LogP contribution in [0.2, 0.25) is 0 Å². The SMILES string of the molecule is Cc1ccc(S(=O)(=O)NCc2cc(C)n(C3CC3)c2C)cc1. The molecule has 0 amide bonds. The van der Waals surface area contributed by atoms with Gasteiger partial charge >= 0.3 is 0 Å². The number of aromatic nitrogens is 1. The standard InChI is InChI=1S/C17H22N2O2S/c1-12-4-8-17(9-5-12)22(20,21)18-11-15-10-13(2)19(14(15)3)16-6-7-16/h4-5,8-10,16,18H,6-7,11H2,1-3H3. The zero-order valence-corrected chi connectivity index (χ0v) is 14.1. The fourth-order valence-electron chi connectivity index (χ4n) is 2.89. The molecule has 0 aliphatic heterocycles. The Balaban J connectivity index is 1.77. The van der Waals surface area contributed by atoms with E-state index in [9.17, 15) is 8.42 Å². The quantitative estimate of drug-likeness (QED) is 0.920. The number of hydrogen-bond donors (Lipinski definition) is 1. The van der Waals surface area contributed by atoms with Crippen molar-refractivity contribution >= 4 is 10.0 Å². The topological polar surface area (TPSA) is 51.1 Å². The first kappa shape index (κ1) is 15.3. The molecule has 1 saturated carbocycles. The minimum Gasteiger partial charge on any atom is -0.346 e. The zero-order chi connectivity index (χ0) is 15.9. The molecule has 0 saturated heterocycles. The lowest BCUT2D eigenvalue weighted by atomic mass is 10.2. The van der Waals surface area contributed by atoms with Crippen LogP contribution in [0, 0.1) is 20.8 Å². The van der Waals surface area contributed by atoms with Gasteiger partial charge in [0, 0.05) is 24.0 Å². The Labute approximate surface area is 132 Å². The van der Waals surface area contributed by atoms with Gasteiger partial charge in [0.25, 0.3) is 0 Å². The highest BCUT2D eigenvalue weighted by Crippen LogP contribution is 2.38. The molecule has 1 aromatic heterocycles. The third-order valence-corrected chi connectivity index (χ3v) is 5.70. The lowest BCUT2D eigenvalue weighted by molar-refractivity contribution is 0.581. The molecule has 1 aliphatic carbocycles. The molecule has 118 valence electrons. The fraction of sp³-hybridized carbons (Fsp3) is 0.412. The van der Waals surface area contributed by atoms with E-state index in [2.05, 4.69) is 29.2 Å². The second-order valence-electron chi connectivity index (χ2n) is 6.14. The molecule has 1 aliphatic rings. The lowest BCUT2D eigenvalue weighted by Gasteiger charge is -2.09. The summed E-state index contributed by atoms with van der Waals surface area (Å²) in [5, 5.41) is 0. The van der Waals surface area contributed by atoms with Gasteiger partial charge in [0.2, 0.25) is 10.0 Å². The average Bonchev–Trinajstić information content (AvgIpc) is 3.24. The second kappa shape index (κ2) is 5.56. The van der Waals surface area contributed by atoms with Crippen molar-refractivity contribution in [1.82, 2.24) is 9.29 Å². The Morgan fingerprint density at radius 3 is 2.36 bits per heavy atom. The van der Waals surface area contributed by atoms with E-state index < -0.39 is 10.0 Å². The summed E-state index contributed by atoms with van der Waals surface area (Å²) in [6, 6.07) is 9.62. The van der Waals surface area contributed by atoms with E-state index in [1.54, 1.807) is 12.1 Å². The van der Waals surface area contributed by atoms with E-state index in [0.717, 1.165) is 11.1 Å². The van der Waals surface area contributed by atoms with Gasteiger partial charge in [-0.3, -0.25) is 0 Å². The maximum atomic E-state index is 12.3. The first-order chi connectivity index (χ1) is 10.4. The molecule has 2 aromatic rings. The maximum absolute atomic E-state index is 12.3. The fourth-order valence-corrected chi connectivity index (χ4v) is 3.90. The van der Waals surface area contributed by atoms with Crippen LogP contribution in [0.1, 0.15) is 41.4 Å². The summed E-state index contributed by atoms with van der Waals surface area (Å²) in [7, 11) is -3.46. The predicted molar refractivity (Wildman–Crippen MR) is 87.4 cm³/mol. The summed E-state index contributed by atoms with van der Waals surface area (Å²) in [6.07, 6.45) is 2.45. The van der Waals surface area contributed by atoms with E-state index in [0.29, 0.717) is 17.5 Å². The Morgan fingerprint density at radius 2 is 1.77 bits per heavy atom. The van der Waals surface area contributed by atoms with E-state index in [1.807, 2.05) is 19.1 Å². The van der Waals surface area contributed by atoms with Gasteiger partial charge in [0.05, 0.1) is 4.90 Å². The number of sulfonamides is 1. The Bertz CT molecular complexity index is 785. The molecule has 0 atom stereocenters. The normalized spacial score (nSPS) is 15.2. The van der Waals surface area contributed by atoms with Crippen molar-refractivity contribution < 1.29 is 8.42 Å². The van der Waals surface area contributed by atoms with Gasteiger partial charge in [0.15, 0.2) is 0 Å². The Kier molecular flexibility index (Phi) is 3.87. The molecule has 22 heavy (non-hydrogen) atoms. The van der Waals surface area contributed by atoms with Crippen molar-refractivity contribution in [2.24, 2.45) is 0 Å². The van der Waals surface area contributed by atoms with Crippen molar-refractivity contribution in [2.45, 2.75) is 51.1 Å². The van der Waals surface area contributed by atoms with Gasteiger partial charge in [0.1, 0.15) is 0 Å². The zero-order valence-electron chi connectivity index (χ0n) is 13.3. The van der Waals surface area contributed by atoms with Gasteiger partial charge in [-0.05, 0) is 57.4 Å². The molecular weight excluding hydrogens is 296 g/mol. The monoisotopic (exact) mass is 318 g/mol. The number of rotatable bonds is 5. The lowest BCUT2D eigenvalue weighted by Crippen LogP contribution is -2.23. The van der Waals surface area contributed by atoms with Crippen LogP contribution in [-0.2, 0) is 16.6 Å². The van der Waals surface area contributed by atoms with E-state index in [4.69, 9.17) is 0 Å². The van der Waals surface area contributed by atoms with Gasteiger partial charge < -0.3 is 4.57 Å². The predicted octanol–water partition coefficient (Wildman–Crippen LogP) is 3.23. The molecule has 5 heteroatoms. The summed E-state index contributed by atoms with van der Waals surface area (Å²) in [6.45, 7) is 6.43. The maximum Gasteiger partial charge on any atom is 0.240 e. The summed E-state index contributed by atoms with van der Waals surface area (Å²) in [5.74, 6) is 0. The average molecular weight is 318 g/mol. The highest BCUT2D eigenvalue weighted by atomic mass is 32.2. The number of nitrogens with one attached hydrogen (secondary N) is 1. The molecule has 1 N–H and O–H groups in total. The Hall–Kier alpha value is -1.59. The van der Waals surface area contributed by atoms with Gasteiger partial charge in [-0.25, -0.2) is 13.1 Å². The van der Waals surface area contributed by atoms with Crippen molar-refractivity contribution in [2.75, 3.05) is 0 Å². The smallest absolute Gasteiger partial charge is 0.240 e. The number of aryl methyl sites for hydroxylation is 2. The van der Waals surface area contributed by atoms with Crippen LogP contribution in [0.3, 0.4) is 0 Å². The van der Waals surface area contributed by atoms with E-state index >= 15 is 0 Å². The van der Waals surface area contributed by atoms with E-state index in [-0.39, 0.29) is 0 Å². The number of benzene rings is 1. The third-order valence-electron chi connectivity index (χ3n) is 4.29. The molecule has 4 nitrogen and oxygen atoms in total. The molecule has 0 unspecified atom stereocenters. The minimum absolute atomic E-state index is 0.314. The largest absolute Gasteiger partial charge is 0.346 e. The molecule has 1 heterocycles. The summed E-state index contributed by atoms with van der Waals surface area (Å²) < 4.78 is 29.7. The third kappa shape index (κ3) is 2.96. The molecule has 0 spiro atoms. The van der Waals surface area contributed by atoms with Crippen LogP contribution in [0.25, 0.3) is 0 Å². The van der Waals surface area contributed by atoms with Crippen molar-refractivity contribution in [3.63, 3.8) is 0 Å². The van der Waals surface area contributed by atoms with Crippen LogP contribution >= 0.6 is 0 Å². The first-order valence-electron chi connectivity index (χ1n) is 7.62. The summed E-state index contributed by atoms with van der Waals surface area (Å²) in [4.78, 5) is 0.314. The van der Waals surface area contributed by atoms with Gasteiger partial charge in [-0.1, -0.05) is 17.7 Å². The Morgan fingerprint density at radius 1 is 1.14 bits per heavy atom. The second-order valence-corrected chi connectivity index (χ2v) is 7.90. The summed E-state index contributed by atoms with van der Waals surface area (Å²) in [5.41, 5.74) is 4.49. The van der Waals surface area contributed by atoms with Crippen molar-refractivity contribution in [1.29, 1.82) is 0 Å². The van der Waals surface area contributed by atoms with Crippen LogP contribution in [0.5, 0.6) is 0 Å². The first-order valence-corrected chi connectivity index (χ1v) is 9.10. The number of hydrogen-bond acceptors (Lipinski definition) is 2. The molecule has 3 rings (SSSR count). The van der Waals surface area contributed by atoms with Gasteiger partial charge in [-0.15, -0.1) is 0 Å². The van der Waals surface area contributed by atoms with Crippen LogP contribution in [0.4, 0.5) is 0 Å². The molecule has 0 radical (unpaired) electrons. The molecule has 0 bridgehead atoms.